The molecule has 0 amide bonds. The molecule has 0 fully saturated rings. The number of benzene rings is 3. The average molecular weight is 429 g/mol. The number of aryl methyl sites for hydroxylation is 2. The molecular weight excluding hydrogens is 396 g/mol. The van der Waals surface area contributed by atoms with Crippen LogP contribution in [-0.4, -0.2) is 17.7 Å². The number of esters is 1. The molecule has 166 valence electrons. The zero-order valence-electron chi connectivity index (χ0n) is 19.1. The van der Waals surface area contributed by atoms with E-state index in [1.807, 2.05) is 12.1 Å². The van der Waals surface area contributed by atoms with Gasteiger partial charge >= 0.3 is 5.97 Å². The van der Waals surface area contributed by atoms with E-state index < -0.39 is 12.6 Å². The van der Waals surface area contributed by atoms with Gasteiger partial charge in [0.1, 0.15) is 5.75 Å². The second-order valence-corrected chi connectivity index (χ2v) is 8.06. The SMILES string of the molecule is C=C(CO)C(=O)Oc1ccc(-c2ccc(-c3ccc(CCCCC)cc3)c(CC)c2)cc1. The lowest BCUT2D eigenvalue weighted by atomic mass is 9.93. The summed E-state index contributed by atoms with van der Waals surface area (Å²) in [5, 5.41) is 8.99. The molecule has 0 radical (unpaired) electrons. The van der Waals surface area contributed by atoms with Crippen molar-refractivity contribution in [1.29, 1.82) is 0 Å². The van der Waals surface area contributed by atoms with Gasteiger partial charge in [-0.1, -0.05) is 87.9 Å². The molecule has 0 heterocycles. The fourth-order valence-electron chi connectivity index (χ4n) is 3.74. The van der Waals surface area contributed by atoms with Crippen LogP contribution in [0.25, 0.3) is 22.3 Å². The molecule has 0 aromatic heterocycles. The topological polar surface area (TPSA) is 46.5 Å². The number of carbonyl (C=O) groups is 1. The summed E-state index contributed by atoms with van der Waals surface area (Å²) in [6.07, 6.45) is 5.87. The van der Waals surface area contributed by atoms with Crippen LogP contribution in [0.4, 0.5) is 0 Å². The molecule has 0 bridgehead atoms. The molecule has 0 aliphatic rings. The molecule has 3 aromatic rings. The maximum Gasteiger partial charge on any atom is 0.341 e. The van der Waals surface area contributed by atoms with Crippen molar-refractivity contribution >= 4 is 5.97 Å². The number of hydrogen-bond donors (Lipinski definition) is 1. The van der Waals surface area contributed by atoms with Gasteiger partial charge in [-0.05, 0) is 64.8 Å². The first-order valence-corrected chi connectivity index (χ1v) is 11.4. The summed E-state index contributed by atoms with van der Waals surface area (Å²) in [6.45, 7) is 7.49. The highest BCUT2D eigenvalue weighted by Gasteiger charge is 2.10. The summed E-state index contributed by atoms with van der Waals surface area (Å²) in [5.41, 5.74) is 7.43. The van der Waals surface area contributed by atoms with Crippen LogP contribution in [0.5, 0.6) is 5.75 Å². The first-order chi connectivity index (χ1) is 15.5. The second-order valence-electron chi connectivity index (χ2n) is 8.06. The third-order valence-corrected chi connectivity index (χ3v) is 5.70. The first-order valence-electron chi connectivity index (χ1n) is 11.4. The van der Waals surface area contributed by atoms with E-state index in [9.17, 15) is 4.79 Å². The van der Waals surface area contributed by atoms with E-state index in [2.05, 4.69) is 62.9 Å². The van der Waals surface area contributed by atoms with Crippen LogP contribution >= 0.6 is 0 Å². The van der Waals surface area contributed by atoms with Crippen molar-refractivity contribution in [2.45, 2.75) is 46.0 Å². The number of unbranched alkanes of at least 4 members (excludes halogenated alkanes) is 2. The van der Waals surface area contributed by atoms with Gasteiger partial charge in [0.2, 0.25) is 0 Å². The number of hydrogen-bond acceptors (Lipinski definition) is 3. The maximum atomic E-state index is 11.8. The van der Waals surface area contributed by atoms with Crippen molar-refractivity contribution in [2.24, 2.45) is 0 Å². The molecule has 0 saturated carbocycles. The number of ether oxygens (including phenoxy) is 1. The molecule has 3 rings (SSSR count). The maximum absolute atomic E-state index is 11.8. The quantitative estimate of drug-likeness (QED) is 0.168. The van der Waals surface area contributed by atoms with E-state index in [1.165, 1.54) is 41.5 Å². The minimum absolute atomic E-state index is 0.0336. The second kappa shape index (κ2) is 11.4. The van der Waals surface area contributed by atoms with Crippen LogP contribution in [-0.2, 0) is 17.6 Å². The third-order valence-electron chi connectivity index (χ3n) is 5.70. The van der Waals surface area contributed by atoms with Gasteiger partial charge in [0.15, 0.2) is 0 Å². The van der Waals surface area contributed by atoms with Gasteiger partial charge < -0.3 is 9.84 Å². The van der Waals surface area contributed by atoms with Crippen LogP contribution in [0.3, 0.4) is 0 Å². The molecule has 3 heteroatoms. The molecule has 0 spiro atoms. The molecule has 0 aliphatic heterocycles. The predicted octanol–water partition coefficient (Wildman–Crippen LogP) is 6.77. The minimum atomic E-state index is -0.616. The summed E-state index contributed by atoms with van der Waals surface area (Å²) < 4.78 is 5.22. The van der Waals surface area contributed by atoms with Crippen LogP contribution < -0.4 is 4.74 Å². The number of carbonyl (C=O) groups excluding carboxylic acids is 1. The lowest BCUT2D eigenvalue weighted by Gasteiger charge is -2.12. The number of aliphatic hydroxyl groups excluding tert-OH is 1. The Morgan fingerprint density at radius 1 is 0.875 bits per heavy atom. The van der Waals surface area contributed by atoms with Crippen molar-refractivity contribution in [2.75, 3.05) is 6.61 Å². The van der Waals surface area contributed by atoms with Crippen molar-refractivity contribution in [3.8, 4) is 28.0 Å². The molecule has 0 atom stereocenters. The predicted molar refractivity (Wildman–Crippen MR) is 132 cm³/mol. The normalized spacial score (nSPS) is 10.7. The lowest BCUT2D eigenvalue weighted by Crippen LogP contribution is -2.12. The van der Waals surface area contributed by atoms with Gasteiger partial charge in [-0.3, -0.25) is 0 Å². The molecule has 32 heavy (non-hydrogen) atoms. The van der Waals surface area contributed by atoms with Crippen molar-refractivity contribution < 1.29 is 14.6 Å². The van der Waals surface area contributed by atoms with Crippen molar-refractivity contribution in [3.63, 3.8) is 0 Å². The van der Waals surface area contributed by atoms with E-state index in [4.69, 9.17) is 9.84 Å². The summed E-state index contributed by atoms with van der Waals surface area (Å²) in [4.78, 5) is 11.8. The zero-order valence-corrected chi connectivity index (χ0v) is 19.1. The molecule has 3 aromatic carbocycles. The van der Waals surface area contributed by atoms with E-state index in [0.717, 1.165) is 24.0 Å². The van der Waals surface area contributed by atoms with Crippen molar-refractivity contribution in [1.82, 2.24) is 0 Å². The van der Waals surface area contributed by atoms with Gasteiger partial charge in [-0.25, -0.2) is 4.79 Å². The van der Waals surface area contributed by atoms with Crippen LogP contribution in [0, 0.1) is 0 Å². The van der Waals surface area contributed by atoms with Gasteiger partial charge in [-0.15, -0.1) is 0 Å². The van der Waals surface area contributed by atoms with Crippen molar-refractivity contribution in [3.05, 3.63) is 90.0 Å². The standard InChI is InChI=1S/C29H32O3/c1-4-6-7-8-22-9-11-25(12-10-22)28-18-15-26(19-23(28)5-2)24-13-16-27(17-14-24)32-29(31)21(3)20-30/h9-19,30H,3-8,20H2,1-2H3. The smallest absolute Gasteiger partial charge is 0.341 e. The Morgan fingerprint density at radius 3 is 2.16 bits per heavy atom. The Kier molecular flexibility index (Phi) is 8.41. The Balaban J connectivity index is 1.76. The van der Waals surface area contributed by atoms with E-state index in [-0.39, 0.29) is 5.57 Å². The minimum Gasteiger partial charge on any atom is -0.423 e. The first kappa shape index (κ1) is 23.5. The van der Waals surface area contributed by atoms with Gasteiger partial charge in [0.05, 0.1) is 12.2 Å². The Hall–Kier alpha value is -3.17. The van der Waals surface area contributed by atoms with Gasteiger partial charge in [0, 0.05) is 0 Å². The van der Waals surface area contributed by atoms with Gasteiger partial charge in [0.25, 0.3) is 0 Å². The van der Waals surface area contributed by atoms with E-state index >= 15 is 0 Å². The highest BCUT2D eigenvalue weighted by molar-refractivity contribution is 5.89. The molecule has 0 aliphatic carbocycles. The summed E-state index contributed by atoms with van der Waals surface area (Å²) in [7, 11) is 0. The summed E-state index contributed by atoms with van der Waals surface area (Å²) in [6, 6.07) is 22.9. The summed E-state index contributed by atoms with van der Waals surface area (Å²) in [5.74, 6) is -0.186. The highest BCUT2D eigenvalue weighted by atomic mass is 16.5. The fourth-order valence-corrected chi connectivity index (χ4v) is 3.74. The van der Waals surface area contributed by atoms with E-state index in [1.54, 1.807) is 12.1 Å². The monoisotopic (exact) mass is 428 g/mol. The lowest BCUT2D eigenvalue weighted by molar-refractivity contribution is -0.130. The van der Waals surface area contributed by atoms with Crippen LogP contribution in [0.15, 0.2) is 78.9 Å². The largest absolute Gasteiger partial charge is 0.423 e. The molecule has 3 nitrogen and oxygen atoms in total. The number of aliphatic hydroxyl groups is 1. The molecule has 1 N–H and O–H groups in total. The zero-order chi connectivity index (χ0) is 22.9. The Morgan fingerprint density at radius 2 is 1.53 bits per heavy atom. The molecule has 0 unspecified atom stereocenters. The fraction of sp³-hybridized carbons (Fsp3) is 0.276. The van der Waals surface area contributed by atoms with E-state index in [0.29, 0.717) is 5.75 Å². The summed E-state index contributed by atoms with van der Waals surface area (Å²) >= 11 is 0. The van der Waals surface area contributed by atoms with Crippen LogP contribution in [0.1, 0.15) is 44.2 Å². The third kappa shape index (κ3) is 5.95. The molecule has 0 saturated heterocycles. The van der Waals surface area contributed by atoms with Crippen LogP contribution in [0.2, 0.25) is 0 Å². The average Bonchev–Trinajstić information content (AvgIpc) is 2.84. The van der Waals surface area contributed by atoms with Gasteiger partial charge in [-0.2, -0.15) is 0 Å². The Labute approximate surface area is 191 Å². The highest BCUT2D eigenvalue weighted by Crippen LogP contribution is 2.30. The number of rotatable bonds is 10. The molecular formula is C29H32O3. The Bertz CT molecular complexity index is 1050.